The van der Waals surface area contributed by atoms with Crippen LogP contribution in [0, 0.1) is 6.92 Å². The third-order valence-corrected chi connectivity index (χ3v) is 3.51. The van der Waals surface area contributed by atoms with Crippen LogP contribution in [0.15, 0.2) is 24.3 Å². The predicted octanol–water partition coefficient (Wildman–Crippen LogP) is 2.06. The monoisotopic (exact) mass is 236 g/mol. The SMILES string of the molecule is Cc1ccccc1NC1SC(=O)N(C)C1=O. The maximum Gasteiger partial charge on any atom is 0.290 e. The van der Waals surface area contributed by atoms with Crippen molar-refractivity contribution in [3.63, 3.8) is 0 Å². The average molecular weight is 236 g/mol. The molecule has 1 fully saturated rings. The quantitative estimate of drug-likeness (QED) is 0.854. The zero-order valence-electron chi connectivity index (χ0n) is 9.06. The summed E-state index contributed by atoms with van der Waals surface area (Å²) in [4.78, 5) is 24.1. The summed E-state index contributed by atoms with van der Waals surface area (Å²) in [7, 11) is 1.50. The molecular weight excluding hydrogens is 224 g/mol. The minimum atomic E-state index is -0.501. The number of imide groups is 1. The van der Waals surface area contributed by atoms with Crippen LogP contribution in [0.5, 0.6) is 0 Å². The normalized spacial score (nSPS) is 20.4. The molecule has 0 aromatic heterocycles. The zero-order valence-corrected chi connectivity index (χ0v) is 9.88. The maximum absolute atomic E-state index is 11.7. The largest absolute Gasteiger partial charge is 0.365 e. The molecule has 84 valence electrons. The van der Waals surface area contributed by atoms with Crippen molar-refractivity contribution < 1.29 is 9.59 Å². The predicted molar refractivity (Wildman–Crippen MR) is 64.3 cm³/mol. The topological polar surface area (TPSA) is 49.4 Å². The Labute approximate surface area is 98.0 Å². The van der Waals surface area contributed by atoms with Crippen molar-refractivity contribution in [2.45, 2.75) is 12.3 Å². The zero-order chi connectivity index (χ0) is 11.7. The smallest absolute Gasteiger partial charge is 0.290 e. The number of hydrogen-bond donors (Lipinski definition) is 1. The lowest BCUT2D eigenvalue weighted by Crippen LogP contribution is -2.31. The standard InChI is InChI=1S/C11H12N2O2S/c1-7-5-3-4-6-8(7)12-9-10(14)13(2)11(15)16-9/h3-6,9,12H,1-2H3. The summed E-state index contributed by atoms with van der Waals surface area (Å²) < 4.78 is 0. The molecule has 0 bridgehead atoms. The van der Waals surface area contributed by atoms with Crippen molar-refractivity contribution in [3.8, 4) is 0 Å². The van der Waals surface area contributed by atoms with Gasteiger partial charge in [0.15, 0.2) is 5.37 Å². The molecule has 1 aromatic rings. The number of carbonyl (C=O) groups excluding carboxylic acids is 2. The molecule has 1 aliphatic rings. The number of amides is 2. The lowest BCUT2D eigenvalue weighted by atomic mass is 10.2. The minimum absolute atomic E-state index is 0.196. The fraction of sp³-hybridized carbons (Fsp3) is 0.273. The summed E-state index contributed by atoms with van der Waals surface area (Å²) in [5, 5.41) is 2.36. The Bertz CT molecular complexity index is 447. The number of thioether (sulfide) groups is 1. The van der Waals surface area contributed by atoms with Crippen LogP contribution in [-0.2, 0) is 4.79 Å². The van der Waals surface area contributed by atoms with Gasteiger partial charge in [-0.3, -0.25) is 14.5 Å². The number of aryl methyl sites for hydroxylation is 1. The maximum atomic E-state index is 11.7. The molecular formula is C11H12N2O2S. The second-order valence-electron chi connectivity index (χ2n) is 3.62. The Morgan fingerprint density at radius 1 is 1.31 bits per heavy atom. The van der Waals surface area contributed by atoms with E-state index in [2.05, 4.69) is 5.32 Å². The van der Waals surface area contributed by atoms with E-state index in [1.54, 1.807) is 0 Å². The molecule has 0 aliphatic carbocycles. The average Bonchev–Trinajstić information content (AvgIpc) is 2.50. The molecule has 2 rings (SSSR count). The molecule has 0 spiro atoms. The molecule has 1 heterocycles. The van der Waals surface area contributed by atoms with Crippen LogP contribution in [-0.4, -0.2) is 28.5 Å². The molecule has 0 radical (unpaired) electrons. The van der Waals surface area contributed by atoms with E-state index in [-0.39, 0.29) is 11.1 Å². The number of benzene rings is 1. The second kappa shape index (κ2) is 4.17. The highest BCUT2D eigenvalue weighted by Gasteiger charge is 2.37. The van der Waals surface area contributed by atoms with E-state index in [4.69, 9.17) is 0 Å². The molecule has 1 aromatic carbocycles. The van der Waals surface area contributed by atoms with E-state index < -0.39 is 5.37 Å². The molecule has 16 heavy (non-hydrogen) atoms. The van der Waals surface area contributed by atoms with Gasteiger partial charge in [-0.1, -0.05) is 18.2 Å². The van der Waals surface area contributed by atoms with Crippen molar-refractivity contribution in [1.29, 1.82) is 0 Å². The van der Waals surface area contributed by atoms with Crippen molar-refractivity contribution in [2.75, 3.05) is 12.4 Å². The first kappa shape index (κ1) is 11.0. The molecule has 1 saturated heterocycles. The summed E-state index contributed by atoms with van der Waals surface area (Å²) in [5.41, 5.74) is 1.94. The lowest BCUT2D eigenvalue weighted by molar-refractivity contribution is -0.125. The highest BCUT2D eigenvalue weighted by atomic mass is 32.2. The molecule has 5 heteroatoms. The lowest BCUT2D eigenvalue weighted by Gasteiger charge is -2.13. The fourth-order valence-electron chi connectivity index (χ4n) is 1.46. The van der Waals surface area contributed by atoms with Crippen molar-refractivity contribution in [1.82, 2.24) is 4.90 Å². The van der Waals surface area contributed by atoms with Gasteiger partial charge in [-0.05, 0) is 30.3 Å². The van der Waals surface area contributed by atoms with Gasteiger partial charge < -0.3 is 5.32 Å². The fourth-order valence-corrected chi connectivity index (χ4v) is 2.36. The number of likely N-dealkylation sites (N-methyl/N-ethyl adjacent to an activating group) is 1. The van der Waals surface area contributed by atoms with Crippen LogP contribution >= 0.6 is 11.8 Å². The summed E-state index contributed by atoms with van der Waals surface area (Å²) in [5.74, 6) is -0.196. The van der Waals surface area contributed by atoms with Crippen molar-refractivity contribution >= 4 is 28.6 Å². The Kier molecular flexibility index (Phi) is 2.87. The minimum Gasteiger partial charge on any atom is -0.365 e. The number of nitrogens with zero attached hydrogens (tertiary/aromatic N) is 1. The Hall–Kier alpha value is -1.49. The number of nitrogens with one attached hydrogen (secondary N) is 1. The second-order valence-corrected chi connectivity index (χ2v) is 4.68. The van der Waals surface area contributed by atoms with E-state index >= 15 is 0 Å². The van der Waals surface area contributed by atoms with Crippen LogP contribution in [0.1, 0.15) is 5.56 Å². The van der Waals surface area contributed by atoms with E-state index in [1.165, 1.54) is 7.05 Å². The van der Waals surface area contributed by atoms with E-state index in [0.29, 0.717) is 0 Å². The van der Waals surface area contributed by atoms with Crippen molar-refractivity contribution in [3.05, 3.63) is 29.8 Å². The summed E-state index contributed by atoms with van der Waals surface area (Å²) in [6, 6.07) is 7.68. The van der Waals surface area contributed by atoms with Gasteiger partial charge in [0, 0.05) is 12.7 Å². The van der Waals surface area contributed by atoms with Crippen molar-refractivity contribution in [2.24, 2.45) is 0 Å². The number of hydrogen-bond acceptors (Lipinski definition) is 4. The number of para-hydroxylation sites is 1. The van der Waals surface area contributed by atoms with E-state index in [9.17, 15) is 9.59 Å². The first-order chi connectivity index (χ1) is 7.59. The van der Waals surface area contributed by atoms with Gasteiger partial charge in [0.25, 0.3) is 11.1 Å². The van der Waals surface area contributed by atoms with Gasteiger partial charge >= 0.3 is 0 Å². The van der Waals surface area contributed by atoms with Gasteiger partial charge in [0.1, 0.15) is 0 Å². The first-order valence-corrected chi connectivity index (χ1v) is 5.78. The molecule has 1 N–H and O–H groups in total. The molecule has 4 nitrogen and oxygen atoms in total. The Morgan fingerprint density at radius 3 is 2.56 bits per heavy atom. The molecule has 0 saturated carbocycles. The van der Waals surface area contributed by atoms with Gasteiger partial charge in [0.05, 0.1) is 0 Å². The van der Waals surface area contributed by atoms with E-state index in [1.807, 2.05) is 31.2 Å². The van der Waals surface area contributed by atoms with Crippen LogP contribution in [0.4, 0.5) is 10.5 Å². The Balaban J connectivity index is 2.15. The number of rotatable bonds is 2. The molecule has 2 amide bonds. The Morgan fingerprint density at radius 2 is 2.00 bits per heavy atom. The van der Waals surface area contributed by atoms with Gasteiger partial charge in [0.2, 0.25) is 0 Å². The van der Waals surface area contributed by atoms with Crippen LogP contribution in [0.3, 0.4) is 0 Å². The van der Waals surface area contributed by atoms with Crippen LogP contribution in [0.2, 0.25) is 0 Å². The molecule has 1 unspecified atom stereocenters. The van der Waals surface area contributed by atoms with E-state index in [0.717, 1.165) is 27.9 Å². The number of anilines is 1. The molecule has 1 aliphatic heterocycles. The van der Waals surface area contributed by atoms with Gasteiger partial charge in [-0.15, -0.1) is 0 Å². The summed E-state index contributed by atoms with van der Waals surface area (Å²) >= 11 is 1.01. The number of carbonyl (C=O) groups is 2. The summed E-state index contributed by atoms with van der Waals surface area (Å²) in [6.45, 7) is 1.96. The highest BCUT2D eigenvalue weighted by molar-refractivity contribution is 8.15. The van der Waals surface area contributed by atoms with Gasteiger partial charge in [-0.2, -0.15) is 0 Å². The molecule has 1 atom stereocenters. The third kappa shape index (κ3) is 1.90. The van der Waals surface area contributed by atoms with Gasteiger partial charge in [-0.25, -0.2) is 0 Å². The highest BCUT2D eigenvalue weighted by Crippen LogP contribution is 2.27. The van der Waals surface area contributed by atoms with Crippen LogP contribution < -0.4 is 5.32 Å². The van der Waals surface area contributed by atoms with Crippen LogP contribution in [0.25, 0.3) is 0 Å². The first-order valence-electron chi connectivity index (χ1n) is 4.90. The third-order valence-electron chi connectivity index (χ3n) is 2.48. The summed E-state index contributed by atoms with van der Waals surface area (Å²) in [6.07, 6.45) is 0.